The molecule has 21 heavy (non-hydrogen) atoms. The lowest BCUT2D eigenvalue weighted by atomic mass is 10.2. The Hall–Kier alpha value is -2.01. The fourth-order valence-electron chi connectivity index (χ4n) is 2.35. The summed E-state index contributed by atoms with van der Waals surface area (Å²) in [5, 5.41) is 14.3. The molecule has 1 heterocycles. The zero-order chi connectivity index (χ0) is 15.0. The summed E-state index contributed by atoms with van der Waals surface area (Å²) < 4.78 is 5.78. The molecule has 0 radical (unpaired) electrons. The van der Waals surface area contributed by atoms with Crippen LogP contribution >= 0.6 is 11.6 Å². The summed E-state index contributed by atoms with van der Waals surface area (Å²) in [5.41, 5.74) is 0.539. The number of nitrogens with zero attached hydrogens (tertiary/aromatic N) is 1. The van der Waals surface area contributed by atoms with Gasteiger partial charge >= 0.3 is 0 Å². The smallest absolute Gasteiger partial charge is 0.271 e. The summed E-state index contributed by atoms with van der Waals surface area (Å²) in [4.78, 5) is 10.3. The second kappa shape index (κ2) is 5.41. The first-order chi connectivity index (χ1) is 10.0. The Morgan fingerprint density at radius 2 is 2.19 bits per heavy atom. The van der Waals surface area contributed by atoms with Gasteiger partial charge in [0.15, 0.2) is 0 Å². The summed E-state index contributed by atoms with van der Waals surface area (Å²) in [6.45, 7) is 2.65. The van der Waals surface area contributed by atoms with Crippen LogP contribution in [0.25, 0.3) is 0 Å². The monoisotopic (exact) mass is 306 g/mol. The predicted molar refractivity (Wildman–Crippen MR) is 80.7 cm³/mol. The Bertz CT molecular complexity index is 683. The molecule has 3 rings (SSSR count). The molecule has 1 aromatic heterocycles. The Labute approximate surface area is 127 Å². The molecule has 1 fully saturated rings. The summed E-state index contributed by atoms with van der Waals surface area (Å²) in [7, 11) is 0. The Morgan fingerprint density at radius 1 is 1.43 bits per heavy atom. The summed E-state index contributed by atoms with van der Waals surface area (Å²) >= 11 is 6.04. The molecule has 0 aliphatic heterocycles. The molecular weight excluding hydrogens is 292 g/mol. The van der Waals surface area contributed by atoms with Gasteiger partial charge in [0.05, 0.1) is 22.2 Å². The van der Waals surface area contributed by atoms with Gasteiger partial charge in [0.1, 0.15) is 11.5 Å². The van der Waals surface area contributed by atoms with Gasteiger partial charge in [0, 0.05) is 18.1 Å². The van der Waals surface area contributed by atoms with Crippen LogP contribution in [0.2, 0.25) is 5.02 Å². The first-order valence-electron chi connectivity index (χ1n) is 6.81. The number of hydrogen-bond donors (Lipinski definition) is 1. The number of nitrogens with one attached hydrogen (secondary N) is 1. The van der Waals surface area contributed by atoms with Gasteiger partial charge in [-0.05, 0) is 30.5 Å². The van der Waals surface area contributed by atoms with E-state index in [4.69, 9.17) is 16.0 Å². The number of nitro groups is 1. The van der Waals surface area contributed by atoms with Crippen LogP contribution in [0.15, 0.2) is 34.7 Å². The molecule has 5 nitrogen and oxygen atoms in total. The molecule has 0 amide bonds. The van der Waals surface area contributed by atoms with Crippen molar-refractivity contribution >= 4 is 23.0 Å². The van der Waals surface area contributed by atoms with E-state index in [-0.39, 0.29) is 5.69 Å². The third kappa shape index (κ3) is 3.03. The van der Waals surface area contributed by atoms with Crippen LogP contribution in [-0.2, 0) is 6.54 Å². The van der Waals surface area contributed by atoms with E-state index in [1.165, 1.54) is 24.6 Å². The molecule has 2 unspecified atom stereocenters. The van der Waals surface area contributed by atoms with Gasteiger partial charge < -0.3 is 9.73 Å². The molecule has 2 atom stereocenters. The molecule has 1 aromatic carbocycles. The lowest BCUT2D eigenvalue weighted by molar-refractivity contribution is -0.384. The van der Waals surface area contributed by atoms with Crippen molar-refractivity contribution < 1.29 is 9.34 Å². The highest BCUT2D eigenvalue weighted by atomic mass is 35.5. The molecule has 0 saturated heterocycles. The second-order valence-electron chi connectivity index (χ2n) is 5.40. The van der Waals surface area contributed by atoms with E-state index < -0.39 is 4.92 Å². The minimum Gasteiger partial charge on any atom is -0.464 e. The summed E-state index contributed by atoms with van der Waals surface area (Å²) in [6.07, 6.45) is 1.18. The largest absolute Gasteiger partial charge is 0.464 e. The number of furan rings is 1. The fourth-order valence-corrected chi connectivity index (χ4v) is 2.54. The Balaban J connectivity index is 1.68. The Morgan fingerprint density at radius 3 is 2.86 bits per heavy atom. The zero-order valence-corrected chi connectivity index (χ0v) is 12.3. The molecule has 1 aliphatic carbocycles. The predicted octanol–water partition coefficient (Wildman–Crippen LogP) is 4.58. The van der Waals surface area contributed by atoms with Gasteiger partial charge in [0.25, 0.3) is 5.69 Å². The molecule has 0 spiro atoms. The maximum Gasteiger partial charge on any atom is 0.271 e. The molecule has 1 aliphatic rings. The number of benzene rings is 1. The van der Waals surface area contributed by atoms with Crippen molar-refractivity contribution in [2.45, 2.75) is 25.8 Å². The lowest BCUT2D eigenvalue weighted by Gasteiger charge is -2.06. The normalized spacial score (nSPS) is 20.3. The van der Waals surface area contributed by atoms with Crippen LogP contribution in [-0.4, -0.2) is 4.92 Å². The standard InChI is InChI=1S/C15H15ClN2O3/c1-9-6-12(9)15-5-3-11(21-15)8-17-14-7-10(18(19)20)2-4-13(14)16/h2-5,7,9,12,17H,6,8H2,1H3. The topological polar surface area (TPSA) is 68.3 Å². The van der Waals surface area contributed by atoms with Gasteiger partial charge in [-0.15, -0.1) is 0 Å². The lowest BCUT2D eigenvalue weighted by Crippen LogP contribution is -1.99. The molecule has 0 bridgehead atoms. The van der Waals surface area contributed by atoms with E-state index in [9.17, 15) is 10.1 Å². The SMILES string of the molecule is CC1CC1c1ccc(CNc2cc([N+](=O)[O-])ccc2Cl)o1. The van der Waals surface area contributed by atoms with E-state index in [0.29, 0.717) is 29.1 Å². The van der Waals surface area contributed by atoms with Crippen molar-refractivity contribution in [2.24, 2.45) is 5.92 Å². The molecule has 1 saturated carbocycles. The van der Waals surface area contributed by atoms with Crippen LogP contribution in [0.4, 0.5) is 11.4 Å². The van der Waals surface area contributed by atoms with E-state index in [1.54, 1.807) is 0 Å². The first kappa shape index (κ1) is 13.9. The van der Waals surface area contributed by atoms with Crippen molar-refractivity contribution in [2.75, 3.05) is 5.32 Å². The maximum atomic E-state index is 10.8. The van der Waals surface area contributed by atoms with Crippen molar-refractivity contribution in [3.63, 3.8) is 0 Å². The van der Waals surface area contributed by atoms with E-state index in [1.807, 2.05) is 12.1 Å². The number of nitro benzene ring substituents is 1. The van der Waals surface area contributed by atoms with E-state index >= 15 is 0 Å². The van der Waals surface area contributed by atoms with Crippen LogP contribution in [0.5, 0.6) is 0 Å². The average molecular weight is 307 g/mol. The Kier molecular flexibility index (Phi) is 3.59. The quantitative estimate of drug-likeness (QED) is 0.648. The number of halogens is 1. The number of non-ortho nitro benzene ring substituents is 1. The minimum atomic E-state index is -0.443. The molecular formula is C15H15ClN2O3. The van der Waals surface area contributed by atoms with Gasteiger partial charge in [0.2, 0.25) is 0 Å². The third-order valence-electron chi connectivity index (χ3n) is 3.77. The minimum absolute atomic E-state index is 0.00818. The molecule has 1 N–H and O–H groups in total. The maximum absolute atomic E-state index is 10.8. The molecule has 110 valence electrons. The zero-order valence-electron chi connectivity index (χ0n) is 11.5. The van der Waals surface area contributed by atoms with Gasteiger partial charge in [-0.1, -0.05) is 18.5 Å². The van der Waals surface area contributed by atoms with Gasteiger partial charge in [-0.25, -0.2) is 0 Å². The second-order valence-corrected chi connectivity index (χ2v) is 5.81. The average Bonchev–Trinajstić information content (AvgIpc) is 3.00. The van der Waals surface area contributed by atoms with E-state index in [2.05, 4.69) is 12.2 Å². The summed E-state index contributed by atoms with van der Waals surface area (Å²) in [5.74, 6) is 3.06. The van der Waals surface area contributed by atoms with Gasteiger partial charge in [-0.2, -0.15) is 0 Å². The highest BCUT2D eigenvalue weighted by Crippen LogP contribution is 2.47. The van der Waals surface area contributed by atoms with Crippen LogP contribution in [0.1, 0.15) is 30.8 Å². The van der Waals surface area contributed by atoms with Crippen molar-refractivity contribution in [3.05, 3.63) is 57.0 Å². The number of rotatable bonds is 5. The van der Waals surface area contributed by atoms with Crippen LogP contribution in [0.3, 0.4) is 0 Å². The number of anilines is 1. The number of hydrogen-bond acceptors (Lipinski definition) is 4. The first-order valence-corrected chi connectivity index (χ1v) is 7.19. The van der Waals surface area contributed by atoms with Crippen LogP contribution < -0.4 is 5.32 Å². The van der Waals surface area contributed by atoms with E-state index in [0.717, 1.165) is 11.5 Å². The third-order valence-corrected chi connectivity index (χ3v) is 4.10. The highest BCUT2D eigenvalue weighted by molar-refractivity contribution is 6.33. The fraction of sp³-hybridized carbons (Fsp3) is 0.333. The van der Waals surface area contributed by atoms with Crippen molar-refractivity contribution in [3.8, 4) is 0 Å². The molecule has 6 heteroatoms. The van der Waals surface area contributed by atoms with Crippen LogP contribution in [0, 0.1) is 16.0 Å². The summed E-state index contributed by atoms with van der Waals surface area (Å²) in [6, 6.07) is 8.25. The highest BCUT2D eigenvalue weighted by Gasteiger charge is 2.36. The molecule has 2 aromatic rings. The van der Waals surface area contributed by atoms with Gasteiger partial charge in [-0.3, -0.25) is 10.1 Å². The van der Waals surface area contributed by atoms with Crippen molar-refractivity contribution in [1.82, 2.24) is 0 Å². The van der Waals surface area contributed by atoms with Crippen molar-refractivity contribution in [1.29, 1.82) is 0 Å².